The van der Waals surface area contributed by atoms with Gasteiger partial charge in [-0.3, -0.25) is 0 Å². The van der Waals surface area contributed by atoms with Crippen molar-refractivity contribution in [1.82, 2.24) is 10.2 Å². The van der Waals surface area contributed by atoms with E-state index in [0.717, 1.165) is 31.6 Å². The number of rotatable bonds is 3. The van der Waals surface area contributed by atoms with E-state index < -0.39 is 17.4 Å². The second-order valence-electron chi connectivity index (χ2n) is 7.11. The lowest BCUT2D eigenvalue weighted by atomic mass is 9.86. The average Bonchev–Trinajstić information content (AvgIpc) is 2.33. The molecule has 0 heterocycles. The molecule has 0 spiro atoms. The summed E-state index contributed by atoms with van der Waals surface area (Å²) in [4.78, 5) is 25.2. The predicted molar refractivity (Wildman–Crippen MR) is 78.6 cm³/mol. The first-order valence-corrected chi connectivity index (χ1v) is 7.39. The van der Waals surface area contributed by atoms with Crippen LogP contribution in [0.15, 0.2) is 0 Å². The predicted octanol–water partition coefficient (Wildman–Crippen LogP) is 2.71. The van der Waals surface area contributed by atoms with E-state index in [1.807, 2.05) is 20.8 Å². The maximum atomic E-state index is 12.2. The van der Waals surface area contributed by atoms with Gasteiger partial charge in [0.05, 0.1) is 0 Å². The molecule has 2 N–H and O–H groups in total. The summed E-state index contributed by atoms with van der Waals surface area (Å²) in [6, 6.07) is -0.938. The lowest BCUT2D eigenvalue weighted by Crippen LogP contribution is -2.54. The summed E-state index contributed by atoms with van der Waals surface area (Å²) in [6.07, 6.45) is 4.25. The van der Waals surface area contributed by atoms with Crippen LogP contribution in [0.5, 0.6) is 0 Å². The van der Waals surface area contributed by atoms with Gasteiger partial charge in [0.1, 0.15) is 6.04 Å². The van der Waals surface area contributed by atoms with E-state index in [1.165, 1.54) is 0 Å². The zero-order chi connectivity index (χ0) is 15.5. The monoisotopic (exact) mass is 284 g/mol. The summed E-state index contributed by atoms with van der Waals surface area (Å²) < 4.78 is 0. The number of urea groups is 1. The Labute approximate surface area is 121 Å². The zero-order valence-corrected chi connectivity index (χ0v) is 13.3. The Kier molecular flexibility index (Phi) is 5.42. The maximum Gasteiger partial charge on any atom is 0.326 e. The molecular weight excluding hydrogens is 256 g/mol. The molecule has 0 saturated heterocycles. The first-order valence-electron chi connectivity index (χ1n) is 7.39. The van der Waals surface area contributed by atoms with Crippen molar-refractivity contribution in [3.05, 3.63) is 0 Å². The third-order valence-electron chi connectivity index (χ3n) is 4.23. The second-order valence-corrected chi connectivity index (χ2v) is 7.11. The van der Waals surface area contributed by atoms with Crippen molar-refractivity contribution < 1.29 is 14.7 Å². The van der Waals surface area contributed by atoms with Crippen LogP contribution in [0, 0.1) is 11.3 Å². The molecule has 20 heavy (non-hydrogen) atoms. The molecule has 0 unspecified atom stereocenters. The molecule has 0 aromatic carbocycles. The van der Waals surface area contributed by atoms with E-state index in [2.05, 4.69) is 12.2 Å². The number of nitrogens with zero attached hydrogens (tertiary/aromatic N) is 1. The van der Waals surface area contributed by atoms with Crippen LogP contribution in [0.2, 0.25) is 0 Å². The van der Waals surface area contributed by atoms with Crippen LogP contribution in [0.25, 0.3) is 0 Å². The van der Waals surface area contributed by atoms with Gasteiger partial charge in [-0.2, -0.15) is 0 Å². The number of amides is 2. The number of hydrogen-bond donors (Lipinski definition) is 2. The molecule has 1 fully saturated rings. The van der Waals surface area contributed by atoms with Crippen molar-refractivity contribution in [2.45, 2.75) is 65.5 Å². The SMILES string of the molecule is CC1CCC(N(C)C(=O)N[C@H](C(=O)O)C(C)(C)C)CC1. The lowest BCUT2D eigenvalue weighted by molar-refractivity contribution is -0.142. The quantitative estimate of drug-likeness (QED) is 0.837. The van der Waals surface area contributed by atoms with Crippen molar-refractivity contribution >= 4 is 12.0 Å². The first kappa shape index (κ1) is 16.8. The van der Waals surface area contributed by atoms with Crippen LogP contribution in [0.3, 0.4) is 0 Å². The van der Waals surface area contributed by atoms with Gasteiger partial charge in [-0.1, -0.05) is 27.7 Å². The molecule has 5 nitrogen and oxygen atoms in total. The summed E-state index contributed by atoms with van der Waals surface area (Å²) in [5.41, 5.74) is -0.511. The topological polar surface area (TPSA) is 69.6 Å². The van der Waals surface area contributed by atoms with Crippen molar-refractivity contribution in [3.63, 3.8) is 0 Å². The minimum atomic E-state index is -0.989. The molecule has 1 rings (SSSR count). The molecule has 1 atom stereocenters. The van der Waals surface area contributed by atoms with Crippen LogP contribution in [0.4, 0.5) is 4.79 Å². The minimum absolute atomic E-state index is 0.223. The summed E-state index contributed by atoms with van der Waals surface area (Å²) in [5.74, 6) is -0.263. The van der Waals surface area contributed by atoms with E-state index in [9.17, 15) is 14.7 Å². The molecule has 0 aliphatic heterocycles. The molecule has 0 aromatic rings. The van der Waals surface area contributed by atoms with Gasteiger partial charge in [0.2, 0.25) is 0 Å². The van der Waals surface area contributed by atoms with E-state index in [4.69, 9.17) is 0 Å². The van der Waals surface area contributed by atoms with Gasteiger partial charge in [0.25, 0.3) is 0 Å². The Morgan fingerprint density at radius 3 is 2.10 bits per heavy atom. The molecule has 2 amide bonds. The van der Waals surface area contributed by atoms with Gasteiger partial charge in [-0.15, -0.1) is 0 Å². The average molecular weight is 284 g/mol. The fourth-order valence-corrected chi connectivity index (χ4v) is 2.67. The molecule has 116 valence electrons. The van der Waals surface area contributed by atoms with Crippen molar-refractivity contribution in [3.8, 4) is 0 Å². The number of carbonyl (C=O) groups is 2. The molecule has 1 aliphatic rings. The van der Waals surface area contributed by atoms with Gasteiger partial charge in [-0.25, -0.2) is 9.59 Å². The van der Waals surface area contributed by atoms with Crippen molar-refractivity contribution in [1.29, 1.82) is 0 Å². The number of carbonyl (C=O) groups excluding carboxylic acids is 1. The van der Waals surface area contributed by atoms with Crippen molar-refractivity contribution in [2.24, 2.45) is 11.3 Å². The fraction of sp³-hybridized carbons (Fsp3) is 0.867. The highest BCUT2D eigenvalue weighted by atomic mass is 16.4. The van der Waals surface area contributed by atoms with Crippen molar-refractivity contribution in [2.75, 3.05) is 7.05 Å². The molecule has 0 aromatic heterocycles. The molecule has 0 radical (unpaired) electrons. The van der Waals surface area contributed by atoms with Crippen LogP contribution in [-0.2, 0) is 4.79 Å². The molecule has 5 heteroatoms. The highest BCUT2D eigenvalue weighted by Gasteiger charge is 2.34. The second kappa shape index (κ2) is 6.46. The standard InChI is InChI=1S/C15H28N2O3/c1-10-6-8-11(9-7-10)17(5)14(20)16-12(13(18)19)15(2,3)4/h10-12H,6-9H2,1-5H3,(H,16,20)(H,18,19)/t10?,11?,12-/m1/s1. The van der Waals surface area contributed by atoms with Gasteiger partial charge in [0, 0.05) is 13.1 Å². The van der Waals surface area contributed by atoms with Gasteiger partial charge >= 0.3 is 12.0 Å². The Morgan fingerprint density at radius 1 is 1.20 bits per heavy atom. The summed E-state index contributed by atoms with van der Waals surface area (Å²) in [5, 5.41) is 11.9. The normalized spacial score (nSPS) is 24.9. The van der Waals surface area contributed by atoms with Crippen LogP contribution in [0.1, 0.15) is 53.4 Å². The Bertz CT molecular complexity index is 355. The van der Waals surface area contributed by atoms with Crippen LogP contribution in [-0.4, -0.2) is 41.1 Å². The third kappa shape index (κ3) is 4.39. The Morgan fingerprint density at radius 2 is 1.70 bits per heavy atom. The fourth-order valence-electron chi connectivity index (χ4n) is 2.67. The van der Waals surface area contributed by atoms with Gasteiger partial charge < -0.3 is 15.3 Å². The molecule has 0 bridgehead atoms. The number of carboxylic acids is 1. The number of aliphatic carboxylic acids is 1. The van der Waals surface area contributed by atoms with E-state index in [1.54, 1.807) is 11.9 Å². The summed E-state index contributed by atoms with van der Waals surface area (Å²) in [7, 11) is 1.76. The highest BCUT2D eigenvalue weighted by molar-refractivity contribution is 5.83. The van der Waals surface area contributed by atoms with E-state index in [-0.39, 0.29) is 12.1 Å². The molecular formula is C15H28N2O3. The number of carboxylic acid groups (broad SMARTS) is 1. The summed E-state index contributed by atoms with van der Waals surface area (Å²) >= 11 is 0. The number of hydrogen-bond acceptors (Lipinski definition) is 2. The molecule has 1 saturated carbocycles. The highest BCUT2D eigenvalue weighted by Crippen LogP contribution is 2.27. The Balaban J connectivity index is 2.62. The molecule has 1 aliphatic carbocycles. The van der Waals surface area contributed by atoms with Gasteiger partial charge in [-0.05, 0) is 37.0 Å². The largest absolute Gasteiger partial charge is 0.480 e. The zero-order valence-electron chi connectivity index (χ0n) is 13.3. The Hall–Kier alpha value is -1.26. The lowest BCUT2D eigenvalue weighted by Gasteiger charge is -2.36. The van der Waals surface area contributed by atoms with Crippen LogP contribution >= 0.6 is 0 Å². The van der Waals surface area contributed by atoms with E-state index in [0.29, 0.717) is 0 Å². The van der Waals surface area contributed by atoms with E-state index >= 15 is 0 Å². The smallest absolute Gasteiger partial charge is 0.326 e. The van der Waals surface area contributed by atoms with Gasteiger partial charge in [0.15, 0.2) is 0 Å². The first-order chi connectivity index (χ1) is 9.12. The maximum absolute atomic E-state index is 12.2. The third-order valence-corrected chi connectivity index (χ3v) is 4.23. The minimum Gasteiger partial charge on any atom is -0.480 e. The van der Waals surface area contributed by atoms with Crippen LogP contribution < -0.4 is 5.32 Å². The number of nitrogens with one attached hydrogen (secondary N) is 1. The summed E-state index contributed by atoms with van der Waals surface area (Å²) in [6.45, 7) is 7.67.